The smallest absolute Gasteiger partial charge is 0.338 e. The highest BCUT2D eigenvalue weighted by atomic mass is 35.5. The Balaban J connectivity index is 1.79. The van der Waals surface area contributed by atoms with E-state index in [0.29, 0.717) is 28.7 Å². The van der Waals surface area contributed by atoms with E-state index in [4.69, 9.17) is 39.5 Å². The summed E-state index contributed by atoms with van der Waals surface area (Å²) < 4.78 is 32.5. The number of hydrogen-bond acceptors (Lipinski definition) is 4. The van der Waals surface area contributed by atoms with Crippen molar-refractivity contribution in [3.8, 4) is 0 Å². The molecular formula is C19H18Cl3NO4S. The first kappa shape index (κ1) is 21.4. The Morgan fingerprint density at radius 1 is 0.964 bits per heavy atom. The molecule has 1 aliphatic heterocycles. The van der Waals surface area contributed by atoms with Gasteiger partial charge in [-0.25, -0.2) is 13.2 Å². The van der Waals surface area contributed by atoms with Crippen LogP contribution >= 0.6 is 34.8 Å². The van der Waals surface area contributed by atoms with Crippen LogP contribution in [-0.4, -0.2) is 31.8 Å². The van der Waals surface area contributed by atoms with E-state index in [-0.39, 0.29) is 22.1 Å². The number of carbonyl (C=O) groups excluding carboxylic acids is 1. The molecule has 0 aromatic heterocycles. The Labute approximate surface area is 179 Å². The molecule has 0 unspecified atom stereocenters. The fourth-order valence-corrected chi connectivity index (χ4v) is 5.42. The Morgan fingerprint density at radius 3 is 2.36 bits per heavy atom. The lowest BCUT2D eigenvalue weighted by Crippen LogP contribution is -2.35. The van der Waals surface area contributed by atoms with Gasteiger partial charge in [0, 0.05) is 28.7 Å². The normalized spacial score (nSPS) is 15.4. The summed E-state index contributed by atoms with van der Waals surface area (Å²) in [6, 6.07) is 8.94. The van der Waals surface area contributed by atoms with Gasteiger partial charge in [0.1, 0.15) is 11.5 Å². The number of piperidine rings is 1. The van der Waals surface area contributed by atoms with Gasteiger partial charge in [0.15, 0.2) is 0 Å². The fraction of sp³-hybridized carbons (Fsp3) is 0.316. The zero-order valence-corrected chi connectivity index (χ0v) is 17.9. The summed E-state index contributed by atoms with van der Waals surface area (Å²) in [5.74, 6) is -0.669. The second-order valence-corrected chi connectivity index (χ2v) is 9.58. The topological polar surface area (TPSA) is 63.7 Å². The minimum Gasteiger partial charge on any atom is -0.457 e. The number of rotatable bonds is 5. The summed E-state index contributed by atoms with van der Waals surface area (Å²) in [5, 5.41) is 0.929. The fourth-order valence-electron chi connectivity index (χ4n) is 2.94. The van der Waals surface area contributed by atoms with Gasteiger partial charge in [-0.15, -0.1) is 0 Å². The maximum Gasteiger partial charge on any atom is 0.338 e. The monoisotopic (exact) mass is 461 g/mol. The molecule has 1 aliphatic rings. The first-order chi connectivity index (χ1) is 13.3. The number of hydrogen-bond donors (Lipinski definition) is 0. The molecule has 28 heavy (non-hydrogen) atoms. The minimum atomic E-state index is -3.77. The predicted octanol–water partition coefficient (Wildman–Crippen LogP) is 5.18. The number of sulfonamides is 1. The zero-order valence-electron chi connectivity index (χ0n) is 14.8. The predicted molar refractivity (Wildman–Crippen MR) is 110 cm³/mol. The molecule has 0 saturated carbocycles. The second kappa shape index (κ2) is 9.01. The summed E-state index contributed by atoms with van der Waals surface area (Å²) in [5.41, 5.74) is 0.694. The highest BCUT2D eigenvalue weighted by Crippen LogP contribution is 2.28. The van der Waals surface area contributed by atoms with Crippen molar-refractivity contribution in [3.05, 3.63) is 62.6 Å². The van der Waals surface area contributed by atoms with Gasteiger partial charge in [-0.05, 0) is 43.2 Å². The van der Waals surface area contributed by atoms with Gasteiger partial charge in [0.05, 0.1) is 10.6 Å². The summed E-state index contributed by atoms with van der Waals surface area (Å²) in [6.45, 7) is 0.830. The molecule has 9 heteroatoms. The van der Waals surface area contributed by atoms with Crippen LogP contribution in [0.2, 0.25) is 15.1 Å². The standard InChI is InChI=1S/C19H18Cl3NO4S/c20-15-6-4-14(17(22)11-15)12-27-19(24)13-5-7-16(21)18(10-13)28(25,26)23-8-2-1-3-9-23/h4-7,10-11H,1-3,8-9,12H2. The van der Waals surface area contributed by atoms with Crippen LogP contribution in [0.3, 0.4) is 0 Å². The van der Waals surface area contributed by atoms with Crippen LogP contribution in [0.5, 0.6) is 0 Å². The Hall–Kier alpha value is -1.31. The number of benzene rings is 2. The molecule has 2 aromatic rings. The van der Waals surface area contributed by atoms with E-state index in [9.17, 15) is 13.2 Å². The molecule has 0 N–H and O–H groups in total. The van der Waals surface area contributed by atoms with E-state index >= 15 is 0 Å². The Kier molecular flexibility index (Phi) is 6.89. The number of nitrogens with zero attached hydrogens (tertiary/aromatic N) is 1. The van der Waals surface area contributed by atoms with Crippen molar-refractivity contribution in [2.45, 2.75) is 30.8 Å². The average Bonchev–Trinajstić information content (AvgIpc) is 2.68. The third-order valence-corrected chi connectivity index (χ3v) is 7.44. The highest BCUT2D eigenvalue weighted by Gasteiger charge is 2.29. The van der Waals surface area contributed by atoms with Crippen molar-refractivity contribution in [2.24, 2.45) is 0 Å². The minimum absolute atomic E-state index is 0.0638. The van der Waals surface area contributed by atoms with Gasteiger partial charge in [-0.2, -0.15) is 4.31 Å². The quantitative estimate of drug-likeness (QED) is 0.574. The van der Waals surface area contributed by atoms with Crippen molar-refractivity contribution in [3.63, 3.8) is 0 Å². The molecule has 0 bridgehead atoms. The van der Waals surface area contributed by atoms with Crippen LogP contribution < -0.4 is 0 Å². The Bertz CT molecular complexity index is 989. The molecule has 0 spiro atoms. The number of ether oxygens (including phenoxy) is 1. The lowest BCUT2D eigenvalue weighted by Gasteiger charge is -2.26. The van der Waals surface area contributed by atoms with E-state index in [1.165, 1.54) is 22.5 Å². The SMILES string of the molecule is O=C(OCc1ccc(Cl)cc1Cl)c1ccc(Cl)c(S(=O)(=O)N2CCCCC2)c1. The first-order valence-corrected chi connectivity index (χ1v) is 11.3. The molecule has 0 aliphatic carbocycles. The third kappa shape index (κ3) is 4.81. The van der Waals surface area contributed by atoms with Gasteiger partial charge in [-0.3, -0.25) is 0 Å². The average molecular weight is 463 g/mol. The second-order valence-electron chi connectivity index (χ2n) is 6.42. The van der Waals surface area contributed by atoms with E-state index in [1.54, 1.807) is 18.2 Å². The van der Waals surface area contributed by atoms with Gasteiger partial charge in [0.2, 0.25) is 10.0 Å². The van der Waals surface area contributed by atoms with Crippen molar-refractivity contribution in [1.82, 2.24) is 4.31 Å². The van der Waals surface area contributed by atoms with Crippen LogP contribution in [0.25, 0.3) is 0 Å². The zero-order chi connectivity index (χ0) is 20.3. The van der Waals surface area contributed by atoms with Gasteiger partial charge < -0.3 is 4.74 Å². The molecule has 3 rings (SSSR count). The van der Waals surface area contributed by atoms with Crippen LogP contribution in [0.1, 0.15) is 35.2 Å². The molecule has 1 heterocycles. The summed E-state index contributed by atoms with van der Waals surface area (Å²) >= 11 is 18.0. The third-order valence-electron chi connectivity index (χ3n) is 4.47. The summed E-state index contributed by atoms with van der Waals surface area (Å²) in [6.07, 6.45) is 2.61. The van der Waals surface area contributed by atoms with E-state index in [2.05, 4.69) is 0 Å². The number of carbonyl (C=O) groups is 1. The molecule has 5 nitrogen and oxygen atoms in total. The van der Waals surface area contributed by atoms with Crippen LogP contribution in [0.15, 0.2) is 41.3 Å². The number of esters is 1. The Morgan fingerprint density at radius 2 is 1.68 bits per heavy atom. The summed E-state index contributed by atoms with van der Waals surface area (Å²) in [4.78, 5) is 12.3. The van der Waals surface area contributed by atoms with Crippen LogP contribution in [0.4, 0.5) is 0 Å². The summed E-state index contributed by atoms with van der Waals surface area (Å²) in [7, 11) is -3.77. The highest BCUT2D eigenvalue weighted by molar-refractivity contribution is 7.89. The molecular weight excluding hydrogens is 445 g/mol. The van der Waals surface area contributed by atoms with Crippen molar-refractivity contribution >= 4 is 50.8 Å². The van der Waals surface area contributed by atoms with Crippen molar-refractivity contribution < 1.29 is 17.9 Å². The molecule has 1 saturated heterocycles. The first-order valence-electron chi connectivity index (χ1n) is 8.70. The van der Waals surface area contributed by atoms with Crippen LogP contribution in [0, 0.1) is 0 Å². The van der Waals surface area contributed by atoms with E-state index in [0.717, 1.165) is 19.3 Å². The molecule has 1 fully saturated rings. The van der Waals surface area contributed by atoms with Crippen molar-refractivity contribution in [1.29, 1.82) is 0 Å². The molecule has 150 valence electrons. The lowest BCUT2D eigenvalue weighted by molar-refractivity contribution is 0.0472. The van der Waals surface area contributed by atoms with Crippen LogP contribution in [-0.2, 0) is 21.4 Å². The molecule has 2 aromatic carbocycles. The largest absolute Gasteiger partial charge is 0.457 e. The van der Waals surface area contributed by atoms with E-state index < -0.39 is 16.0 Å². The maximum atomic E-state index is 12.9. The molecule has 0 atom stereocenters. The number of halogens is 3. The maximum absolute atomic E-state index is 12.9. The van der Waals surface area contributed by atoms with E-state index in [1.807, 2.05) is 0 Å². The molecule has 0 radical (unpaired) electrons. The van der Waals surface area contributed by atoms with Crippen molar-refractivity contribution in [2.75, 3.05) is 13.1 Å². The lowest BCUT2D eigenvalue weighted by atomic mass is 10.2. The molecule has 0 amide bonds. The van der Waals surface area contributed by atoms with Gasteiger partial charge in [-0.1, -0.05) is 47.3 Å². The van der Waals surface area contributed by atoms with Gasteiger partial charge >= 0.3 is 5.97 Å². The van der Waals surface area contributed by atoms with Gasteiger partial charge in [0.25, 0.3) is 0 Å².